The van der Waals surface area contributed by atoms with Crippen LogP contribution in [0.1, 0.15) is 36.0 Å². The number of nitrogens with one attached hydrogen (secondary N) is 1. The van der Waals surface area contributed by atoms with Gasteiger partial charge in [0.1, 0.15) is 30.9 Å². The third-order valence-electron chi connectivity index (χ3n) is 9.05. The molecule has 1 aliphatic carbocycles. The number of aliphatic hydroxyl groups is 1. The van der Waals surface area contributed by atoms with Gasteiger partial charge in [-0.3, -0.25) is 19.3 Å². The summed E-state index contributed by atoms with van der Waals surface area (Å²) in [6, 6.07) is 5.76. The molecule has 2 amide bonds. The lowest BCUT2D eigenvalue weighted by atomic mass is 9.95. The van der Waals surface area contributed by atoms with Gasteiger partial charge >= 0.3 is 0 Å². The van der Waals surface area contributed by atoms with Crippen LogP contribution in [0.2, 0.25) is 0 Å². The molecule has 3 saturated heterocycles. The number of thiazole rings is 1. The van der Waals surface area contributed by atoms with E-state index < -0.39 is 24.3 Å². The molecule has 0 spiro atoms. The van der Waals surface area contributed by atoms with Gasteiger partial charge in [0, 0.05) is 56.3 Å². The van der Waals surface area contributed by atoms with E-state index in [0.717, 1.165) is 81.4 Å². The molecule has 12 heteroatoms. The Morgan fingerprint density at radius 1 is 1.17 bits per heavy atom. The van der Waals surface area contributed by atoms with Crippen LogP contribution in [0.25, 0.3) is 11.3 Å². The molecule has 4 atom stereocenters. The summed E-state index contributed by atoms with van der Waals surface area (Å²) in [6.07, 6.45) is 2.06. The fraction of sp³-hybridized carbons (Fsp3) is 0.600. The van der Waals surface area contributed by atoms with Gasteiger partial charge in [0.2, 0.25) is 5.91 Å². The van der Waals surface area contributed by atoms with Gasteiger partial charge in [0.15, 0.2) is 10.9 Å². The first kappa shape index (κ1) is 29.2. The summed E-state index contributed by atoms with van der Waals surface area (Å²) in [5.74, 6) is -0.856. The number of aromatic nitrogens is 1. The van der Waals surface area contributed by atoms with Crippen molar-refractivity contribution in [2.24, 2.45) is 5.92 Å². The van der Waals surface area contributed by atoms with Crippen molar-refractivity contribution >= 4 is 34.1 Å². The van der Waals surface area contributed by atoms with Gasteiger partial charge in [0.25, 0.3) is 5.91 Å². The predicted molar refractivity (Wildman–Crippen MR) is 158 cm³/mol. The molecule has 3 aliphatic heterocycles. The largest absolute Gasteiger partial charge is 0.388 e. The molecule has 6 rings (SSSR count). The number of aliphatic hydroxyl groups excluding tert-OH is 1. The number of amides is 2. The third kappa shape index (κ3) is 5.96. The summed E-state index contributed by atoms with van der Waals surface area (Å²) in [5.41, 5.74) is 2.25. The molecule has 0 unspecified atom stereocenters. The zero-order valence-electron chi connectivity index (χ0n) is 23.9. The number of hydrogen-bond acceptors (Lipinski definition) is 10. The van der Waals surface area contributed by atoms with E-state index in [1.807, 2.05) is 17.5 Å². The number of Topliss-reactive ketones (excluding diaryl/α,β-unsaturated/α-hetero) is 1. The van der Waals surface area contributed by atoms with Gasteiger partial charge in [-0.05, 0) is 30.9 Å². The number of benzene rings is 1. The molecule has 2 N–H and O–H groups in total. The first-order valence-corrected chi connectivity index (χ1v) is 15.8. The second-order valence-corrected chi connectivity index (χ2v) is 12.5. The van der Waals surface area contributed by atoms with Crippen LogP contribution < -0.4 is 10.2 Å². The first-order valence-electron chi connectivity index (χ1n) is 14.9. The number of ketones is 1. The molecule has 1 aromatic heterocycles. The highest BCUT2D eigenvalue weighted by Crippen LogP contribution is 2.33. The highest BCUT2D eigenvalue weighted by Gasteiger charge is 2.53. The zero-order valence-corrected chi connectivity index (χ0v) is 24.8. The van der Waals surface area contributed by atoms with E-state index in [1.165, 1.54) is 4.90 Å². The van der Waals surface area contributed by atoms with Gasteiger partial charge in [0.05, 0.1) is 18.8 Å². The fourth-order valence-electron chi connectivity index (χ4n) is 6.65. The number of hydrogen-bond donors (Lipinski definition) is 2. The number of ether oxygens (including phenoxy) is 2. The van der Waals surface area contributed by atoms with Crippen LogP contribution in [0.4, 0.5) is 5.13 Å². The topological polar surface area (TPSA) is 125 Å². The predicted octanol–water partition coefficient (Wildman–Crippen LogP) is 1.41. The Morgan fingerprint density at radius 2 is 1.90 bits per heavy atom. The smallest absolute Gasteiger partial charge is 0.251 e. The highest BCUT2D eigenvalue weighted by atomic mass is 32.1. The summed E-state index contributed by atoms with van der Waals surface area (Å²) in [4.78, 5) is 50.6. The molecule has 11 nitrogen and oxygen atoms in total. The minimum Gasteiger partial charge on any atom is -0.388 e. The van der Waals surface area contributed by atoms with Gasteiger partial charge < -0.3 is 29.7 Å². The van der Waals surface area contributed by atoms with Crippen molar-refractivity contribution in [3.05, 3.63) is 35.2 Å². The van der Waals surface area contributed by atoms with Crippen molar-refractivity contribution in [2.75, 3.05) is 64.5 Å². The Hall–Kier alpha value is -2.90. The average Bonchev–Trinajstić information content (AvgIpc) is 3.83. The van der Waals surface area contributed by atoms with Gasteiger partial charge in [-0.25, -0.2) is 4.98 Å². The second-order valence-electron chi connectivity index (χ2n) is 11.7. The molecule has 226 valence electrons. The molecule has 4 fully saturated rings. The average molecular weight is 598 g/mol. The number of piperazine rings is 1. The normalized spacial score (nSPS) is 25.7. The summed E-state index contributed by atoms with van der Waals surface area (Å²) in [6.45, 7) is 5.44. The van der Waals surface area contributed by atoms with Crippen molar-refractivity contribution < 1.29 is 29.0 Å². The van der Waals surface area contributed by atoms with Crippen LogP contribution in [0.15, 0.2) is 29.6 Å². The maximum absolute atomic E-state index is 13.7. The number of nitrogens with zero attached hydrogens (tertiary/aromatic N) is 4. The fourth-order valence-corrected chi connectivity index (χ4v) is 7.54. The third-order valence-corrected chi connectivity index (χ3v) is 9.96. The summed E-state index contributed by atoms with van der Waals surface area (Å²) in [5, 5.41) is 16.4. The number of likely N-dealkylation sites (tertiary alicyclic amines) is 1. The van der Waals surface area contributed by atoms with E-state index in [4.69, 9.17) is 14.5 Å². The van der Waals surface area contributed by atoms with Gasteiger partial charge in [-0.1, -0.05) is 25.0 Å². The van der Waals surface area contributed by atoms with E-state index in [1.54, 1.807) is 30.6 Å². The number of fused-ring (bicyclic) bond motifs is 1. The van der Waals surface area contributed by atoms with E-state index in [9.17, 15) is 19.5 Å². The maximum Gasteiger partial charge on any atom is 0.251 e. The lowest BCUT2D eigenvalue weighted by Gasteiger charge is -2.34. The Morgan fingerprint density at radius 3 is 2.62 bits per heavy atom. The minimum absolute atomic E-state index is 0.00962. The van der Waals surface area contributed by atoms with Crippen molar-refractivity contribution in [3.63, 3.8) is 0 Å². The second kappa shape index (κ2) is 12.8. The number of rotatable bonds is 9. The molecule has 4 aliphatic rings. The molecular weight excluding hydrogens is 558 g/mol. The van der Waals surface area contributed by atoms with Crippen LogP contribution in [0.5, 0.6) is 0 Å². The Bertz CT molecular complexity index is 1270. The number of β-amino-alcohol motifs (C(OH)–C–C–N with tert-alkyl or cyclic N) is 1. The lowest BCUT2D eigenvalue weighted by Crippen LogP contribution is -2.54. The van der Waals surface area contributed by atoms with Crippen LogP contribution in [0.3, 0.4) is 0 Å². The van der Waals surface area contributed by atoms with E-state index in [-0.39, 0.29) is 36.7 Å². The van der Waals surface area contributed by atoms with Crippen LogP contribution in [-0.2, 0) is 19.1 Å². The standard InChI is InChI=1S/C30H39N5O6S/c1-40-15-14-33-10-12-34(13-11-33)30-31-22(18-42-30)19-6-8-21(9-7-19)28(38)32-25(20-4-2-3-5-20)29(39)35-16-23(36)27-26(35)24(37)17-41-27/h6-9,18,20,23,25-27,36H,2-5,10-17H2,1H3,(H,32,38)/t23-,25-,26+,27-/m0/s1. The van der Waals surface area contributed by atoms with Crippen LogP contribution in [0, 0.1) is 5.92 Å². The quantitative estimate of drug-likeness (QED) is 0.442. The number of carbonyl (C=O) groups excluding carboxylic acids is 3. The van der Waals surface area contributed by atoms with Crippen LogP contribution in [-0.4, -0.2) is 121 Å². The van der Waals surface area contributed by atoms with Crippen molar-refractivity contribution in [2.45, 2.75) is 50.0 Å². The molecule has 1 aromatic carbocycles. The summed E-state index contributed by atoms with van der Waals surface area (Å²) < 4.78 is 10.6. The number of carbonyl (C=O) groups is 3. The molecule has 0 bridgehead atoms. The van der Waals surface area contributed by atoms with Gasteiger partial charge in [-0.2, -0.15) is 0 Å². The number of anilines is 1. The molecule has 4 heterocycles. The Balaban J connectivity index is 1.10. The maximum atomic E-state index is 13.7. The monoisotopic (exact) mass is 597 g/mol. The Kier molecular flexibility index (Phi) is 8.87. The molecule has 2 aromatic rings. The lowest BCUT2D eigenvalue weighted by molar-refractivity contribution is -0.139. The van der Waals surface area contributed by atoms with Crippen molar-refractivity contribution in [1.82, 2.24) is 20.1 Å². The van der Waals surface area contributed by atoms with E-state index >= 15 is 0 Å². The molecule has 1 saturated carbocycles. The highest BCUT2D eigenvalue weighted by molar-refractivity contribution is 7.14. The van der Waals surface area contributed by atoms with Gasteiger partial charge in [-0.15, -0.1) is 11.3 Å². The Labute approximate surface area is 249 Å². The summed E-state index contributed by atoms with van der Waals surface area (Å²) >= 11 is 1.62. The zero-order chi connectivity index (χ0) is 29.2. The van der Waals surface area contributed by atoms with E-state index in [0.29, 0.717) is 5.56 Å². The summed E-state index contributed by atoms with van der Waals surface area (Å²) in [7, 11) is 1.73. The molecule has 0 radical (unpaired) electrons. The first-order chi connectivity index (χ1) is 20.4. The number of methoxy groups -OCH3 is 1. The van der Waals surface area contributed by atoms with E-state index in [2.05, 4.69) is 15.1 Å². The van der Waals surface area contributed by atoms with Crippen molar-refractivity contribution in [1.29, 1.82) is 0 Å². The SMILES string of the molecule is COCCN1CCN(c2nc(-c3ccc(C(=O)N[C@H](C(=O)N4C[C@H](O)[C@@H]5OCC(=O)[C@H]54)C4CCCC4)cc3)cs2)CC1. The van der Waals surface area contributed by atoms with Crippen molar-refractivity contribution in [3.8, 4) is 11.3 Å². The molecular formula is C30H39N5O6S. The molecule has 42 heavy (non-hydrogen) atoms. The minimum atomic E-state index is -0.908. The van der Waals surface area contributed by atoms with Crippen LogP contribution >= 0.6 is 11.3 Å².